The van der Waals surface area contributed by atoms with Crippen LogP contribution in [-0.4, -0.2) is 13.0 Å². The number of rotatable bonds is 2. The molecule has 0 aromatic heterocycles. The first-order valence-electron chi connectivity index (χ1n) is 2.75. The lowest BCUT2D eigenvalue weighted by Gasteiger charge is -1.90. The van der Waals surface area contributed by atoms with Crippen LogP contribution in [0, 0.1) is 0 Å². The van der Waals surface area contributed by atoms with Gasteiger partial charge in [0.25, 0.3) is 10.1 Å². The highest BCUT2D eigenvalue weighted by Crippen LogP contribution is 2.01. The Balaban J connectivity index is 4.52. The highest BCUT2D eigenvalue weighted by Gasteiger charge is 2.04. The minimum absolute atomic E-state index is 0.0504. The van der Waals surface area contributed by atoms with Crippen LogP contribution in [-0.2, 0) is 10.1 Å². The molecule has 0 aliphatic carbocycles. The lowest BCUT2D eigenvalue weighted by molar-refractivity contribution is 0.491. The summed E-state index contributed by atoms with van der Waals surface area (Å²) >= 11 is 0. The van der Waals surface area contributed by atoms with Crippen molar-refractivity contribution >= 4 is 10.1 Å². The fraction of sp³-hybridized carbons (Fsp3) is 0.333. The van der Waals surface area contributed by atoms with Crippen molar-refractivity contribution in [2.24, 2.45) is 0 Å². The van der Waals surface area contributed by atoms with Crippen molar-refractivity contribution in [2.45, 2.75) is 13.8 Å². The van der Waals surface area contributed by atoms with Gasteiger partial charge >= 0.3 is 0 Å². The summed E-state index contributed by atoms with van der Waals surface area (Å²) in [7, 11) is -3.97. The highest BCUT2D eigenvalue weighted by molar-refractivity contribution is 7.89. The molecule has 0 spiro atoms. The van der Waals surface area contributed by atoms with E-state index in [1.54, 1.807) is 19.1 Å². The van der Waals surface area contributed by atoms with E-state index in [0.29, 0.717) is 0 Å². The topological polar surface area (TPSA) is 54.4 Å². The molecule has 0 aromatic carbocycles. The van der Waals surface area contributed by atoms with E-state index in [1.807, 2.05) is 0 Å². The van der Waals surface area contributed by atoms with Crippen LogP contribution in [0.3, 0.4) is 0 Å². The standard InChI is InChI=1S/C6H10O3S/c1-3-4-5-6(2)10(7,8)9/h3-5H,1-2H3,(H,7,8,9)/b4-3-,6-5+. The molecule has 0 saturated heterocycles. The van der Waals surface area contributed by atoms with E-state index >= 15 is 0 Å². The molecule has 0 radical (unpaired) electrons. The lowest BCUT2D eigenvalue weighted by atomic mass is 10.5. The van der Waals surface area contributed by atoms with Crippen molar-refractivity contribution in [1.29, 1.82) is 0 Å². The van der Waals surface area contributed by atoms with Crippen LogP contribution in [0.4, 0.5) is 0 Å². The van der Waals surface area contributed by atoms with Gasteiger partial charge in [-0.1, -0.05) is 12.2 Å². The molecule has 0 aliphatic rings. The molecule has 0 bridgehead atoms. The lowest BCUT2D eigenvalue weighted by Crippen LogP contribution is -1.96. The Hall–Kier alpha value is -0.610. The number of hydrogen-bond acceptors (Lipinski definition) is 2. The Kier molecular flexibility index (Phi) is 3.32. The largest absolute Gasteiger partial charge is 0.290 e. The normalized spacial score (nSPS) is 14.5. The quantitative estimate of drug-likeness (QED) is 0.492. The predicted octanol–water partition coefficient (Wildman–Crippen LogP) is 1.35. The van der Waals surface area contributed by atoms with E-state index in [1.165, 1.54) is 13.0 Å². The van der Waals surface area contributed by atoms with Crippen LogP contribution >= 0.6 is 0 Å². The summed E-state index contributed by atoms with van der Waals surface area (Å²) in [6.45, 7) is 3.09. The van der Waals surface area contributed by atoms with Gasteiger partial charge in [0.05, 0.1) is 4.91 Å². The van der Waals surface area contributed by atoms with Crippen LogP contribution in [0.2, 0.25) is 0 Å². The molecule has 0 rings (SSSR count). The first-order valence-corrected chi connectivity index (χ1v) is 4.19. The zero-order valence-electron chi connectivity index (χ0n) is 5.90. The fourth-order valence-electron chi connectivity index (χ4n) is 0.318. The van der Waals surface area contributed by atoms with Gasteiger partial charge in [0, 0.05) is 0 Å². The molecule has 0 unspecified atom stereocenters. The van der Waals surface area contributed by atoms with E-state index in [0.717, 1.165) is 0 Å². The van der Waals surface area contributed by atoms with Crippen molar-refractivity contribution in [3.05, 3.63) is 23.1 Å². The molecule has 0 amide bonds. The molecule has 3 nitrogen and oxygen atoms in total. The average molecular weight is 162 g/mol. The molecule has 4 heteroatoms. The third-order valence-corrected chi connectivity index (χ3v) is 1.88. The molecule has 0 aromatic rings. The van der Waals surface area contributed by atoms with E-state index in [9.17, 15) is 8.42 Å². The van der Waals surface area contributed by atoms with Crippen molar-refractivity contribution in [1.82, 2.24) is 0 Å². The maximum Gasteiger partial charge on any atom is 0.290 e. The van der Waals surface area contributed by atoms with E-state index in [2.05, 4.69) is 0 Å². The highest BCUT2D eigenvalue weighted by atomic mass is 32.2. The van der Waals surface area contributed by atoms with Crippen molar-refractivity contribution < 1.29 is 13.0 Å². The molecule has 10 heavy (non-hydrogen) atoms. The van der Waals surface area contributed by atoms with Gasteiger partial charge < -0.3 is 0 Å². The molecule has 0 atom stereocenters. The SMILES string of the molecule is C/C=C\C=C(/C)S(=O)(=O)O. The van der Waals surface area contributed by atoms with Gasteiger partial charge in [-0.25, -0.2) is 0 Å². The summed E-state index contributed by atoms with van der Waals surface area (Å²) in [5.74, 6) is 0. The van der Waals surface area contributed by atoms with Crippen LogP contribution in [0.1, 0.15) is 13.8 Å². The second-order valence-electron chi connectivity index (χ2n) is 1.78. The van der Waals surface area contributed by atoms with E-state index < -0.39 is 10.1 Å². The molecule has 1 N–H and O–H groups in total. The summed E-state index contributed by atoms with van der Waals surface area (Å²) in [5, 5.41) is 0. The average Bonchev–Trinajstić information content (AvgIpc) is 1.80. The van der Waals surface area contributed by atoms with Gasteiger partial charge in [0.15, 0.2) is 0 Å². The van der Waals surface area contributed by atoms with Crippen molar-refractivity contribution in [3.63, 3.8) is 0 Å². The van der Waals surface area contributed by atoms with Gasteiger partial charge in [-0.3, -0.25) is 4.55 Å². The minimum Gasteiger partial charge on any atom is -0.282 e. The molecular formula is C6H10O3S. The van der Waals surface area contributed by atoms with Crippen LogP contribution in [0.25, 0.3) is 0 Å². The Morgan fingerprint density at radius 3 is 2.30 bits per heavy atom. The smallest absolute Gasteiger partial charge is 0.282 e. The maximum atomic E-state index is 10.3. The summed E-state index contributed by atoms with van der Waals surface area (Å²) in [5.41, 5.74) is 0. The van der Waals surface area contributed by atoms with Crippen LogP contribution in [0.5, 0.6) is 0 Å². The summed E-state index contributed by atoms with van der Waals surface area (Å²) in [6.07, 6.45) is 4.55. The molecular weight excluding hydrogens is 152 g/mol. The summed E-state index contributed by atoms with van der Waals surface area (Å²) < 4.78 is 29.0. The van der Waals surface area contributed by atoms with Crippen LogP contribution < -0.4 is 0 Å². The Bertz CT molecular complexity index is 246. The summed E-state index contributed by atoms with van der Waals surface area (Å²) in [6, 6.07) is 0. The maximum absolute atomic E-state index is 10.3. The zero-order chi connectivity index (χ0) is 8.20. The molecule has 58 valence electrons. The number of allylic oxidation sites excluding steroid dienone is 4. The third-order valence-electron chi connectivity index (χ3n) is 0.930. The minimum atomic E-state index is -3.97. The van der Waals surface area contributed by atoms with Crippen molar-refractivity contribution in [3.8, 4) is 0 Å². The fourth-order valence-corrected chi connectivity index (χ4v) is 0.568. The monoisotopic (exact) mass is 162 g/mol. The van der Waals surface area contributed by atoms with Gasteiger partial charge in [0.1, 0.15) is 0 Å². The summed E-state index contributed by atoms with van der Waals surface area (Å²) in [4.78, 5) is -0.0504. The molecule has 0 heterocycles. The second-order valence-corrected chi connectivity index (χ2v) is 3.37. The molecule has 0 saturated carbocycles. The molecule has 0 fully saturated rings. The Morgan fingerprint density at radius 1 is 1.50 bits per heavy atom. The number of hydrogen-bond donors (Lipinski definition) is 1. The van der Waals surface area contributed by atoms with Gasteiger partial charge in [-0.2, -0.15) is 8.42 Å². The third kappa shape index (κ3) is 3.42. The second kappa shape index (κ2) is 3.53. The zero-order valence-corrected chi connectivity index (χ0v) is 6.72. The van der Waals surface area contributed by atoms with E-state index in [-0.39, 0.29) is 4.91 Å². The van der Waals surface area contributed by atoms with E-state index in [4.69, 9.17) is 4.55 Å². The Morgan fingerprint density at radius 2 is 2.00 bits per heavy atom. The Labute approximate surface area is 60.8 Å². The molecule has 0 aliphatic heterocycles. The van der Waals surface area contributed by atoms with Crippen LogP contribution in [0.15, 0.2) is 23.1 Å². The van der Waals surface area contributed by atoms with Crippen molar-refractivity contribution in [2.75, 3.05) is 0 Å². The van der Waals surface area contributed by atoms with Gasteiger partial charge in [-0.05, 0) is 19.9 Å². The van der Waals surface area contributed by atoms with Gasteiger partial charge in [0.2, 0.25) is 0 Å². The first kappa shape index (κ1) is 9.39. The predicted molar refractivity (Wildman–Crippen MR) is 40.1 cm³/mol. The first-order chi connectivity index (χ1) is 4.48. The van der Waals surface area contributed by atoms with Gasteiger partial charge in [-0.15, -0.1) is 0 Å².